The zero-order valence-electron chi connectivity index (χ0n) is 13.7. The second kappa shape index (κ2) is 6.60. The van der Waals surface area contributed by atoms with Crippen molar-refractivity contribution in [2.75, 3.05) is 5.32 Å². The highest BCUT2D eigenvalue weighted by molar-refractivity contribution is 6.07. The van der Waals surface area contributed by atoms with Crippen molar-refractivity contribution in [3.8, 4) is 0 Å². The molecule has 0 bridgehead atoms. The summed E-state index contributed by atoms with van der Waals surface area (Å²) in [5.74, 6) is -0.131. The highest BCUT2D eigenvalue weighted by Gasteiger charge is 2.23. The van der Waals surface area contributed by atoms with Crippen molar-refractivity contribution in [3.05, 3.63) is 51.2 Å². The number of nitro groups is 1. The van der Waals surface area contributed by atoms with Gasteiger partial charge >= 0.3 is 0 Å². The third-order valence-corrected chi connectivity index (χ3v) is 3.85. The Balaban J connectivity index is 2.32. The monoisotopic (exact) mass is 316 g/mol. The average molecular weight is 316 g/mol. The number of nitrogens with zero attached hydrogens (tertiary/aromatic N) is 3. The van der Waals surface area contributed by atoms with Gasteiger partial charge in [0.2, 0.25) is 0 Å². The Labute approximate surface area is 134 Å². The Bertz CT molecular complexity index is 752. The van der Waals surface area contributed by atoms with Gasteiger partial charge in [0.25, 0.3) is 11.6 Å². The van der Waals surface area contributed by atoms with Gasteiger partial charge in [0.1, 0.15) is 5.56 Å². The third-order valence-electron chi connectivity index (χ3n) is 3.85. The Hall–Kier alpha value is -2.70. The van der Waals surface area contributed by atoms with Crippen LogP contribution in [-0.4, -0.2) is 20.6 Å². The maximum absolute atomic E-state index is 12.5. The maximum Gasteiger partial charge on any atom is 0.282 e. The topological polar surface area (TPSA) is 90.1 Å². The van der Waals surface area contributed by atoms with E-state index in [4.69, 9.17) is 0 Å². The molecule has 1 atom stereocenters. The molecule has 0 aliphatic rings. The summed E-state index contributed by atoms with van der Waals surface area (Å²) in [6.07, 6.45) is 0.916. The minimum atomic E-state index is -0.551. The van der Waals surface area contributed by atoms with E-state index in [0.29, 0.717) is 11.4 Å². The molecule has 1 aromatic carbocycles. The van der Waals surface area contributed by atoms with Crippen LogP contribution in [0.15, 0.2) is 24.3 Å². The van der Waals surface area contributed by atoms with E-state index in [1.807, 2.05) is 18.5 Å². The lowest BCUT2D eigenvalue weighted by Crippen LogP contribution is -2.16. The summed E-state index contributed by atoms with van der Waals surface area (Å²) in [6, 6.07) is 6.53. The van der Waals surface area contributed by atoms with Gasteiger partial charge < -0.3 is 5.32 Å². The van der Waals surface area contributed by atoms with Crippen molar-refractivity contribution >= 4 is 17.4 Å². The maximum atomic E-state index is 12.5. The summed E-state index contributed by atoms with van der Waals surface area (Å²) in [6.45, 7) is 7.68. The van der Waals surface area contributed by atoms with Gasteiger partial charge in [-0.05, 0) is 32.8 Å². The zero-order chi connectivity index (χ0) is 17.1. The molecule has 0 fully saturated rings. The van der Waals surface area contributed by atoms with Crippen molar-refractivity contribution in [1.82, 2.24) is 9.78 Å². The average Bonchev–Trinajstić information content (AvgIpc) is 2.86. The van der Waals surface area contributed by atoms with Crippen LogP contribution < -0.4 is 5.32 Å². The van der Waals surface area contributed by atoms with Gasteiger partial charge in [-0.25, -0.2) is 0 Å². The molecule has 0 saturated heterocycles. The third kappa shape index (κ3) is 3.39. The molecule has 7 nitrogen and oxygen atoms in total. The molecule has 0 radical (unpaired) electrons. The lowest BCUT2D eigenvalue weighted by Gasteiger charge is -2.11. The van der Waals surface area contributed by atoms with Crippen molar-refractivity contribution < 1.29 is 9.72 Å². The number of hydrogen-bond acceptors (Lipinski definition) is 4. The number of carbonyl (C=O) groups is 1. The van der Waals surface area contributed by atoms with Crippen LogP contribution in [0, 0.1) is 24.0 Å². The van der Waals surface area contributed by atoms with Crippen LogP contribution in [0.1, 0.15) is 47.9 Å². The summed E-state index contributed by atoms with van der Waals surface area (Å²) in [5.41, 5.74) is 1.33. The number of aromatic nitrogens is 2. The number of nitrogens with one attached hydrogen (secondary N) is 1. The second-order valence-corrected chi connectivity index (χ2v) is 5.55. The van der Waals surface area contributed by atoms with E-state index in [-0.39, 0.29) is 17.3 Å². The van der Waals surface area contributed by atoms with E-state index < -0.39 is 10.8 Å². The SMILES string of the molecule is CCC(C)n1nc(NC(=O)c2c(C)cccc2[N+](=O)[O-])cc1C. The molecule has 7 heteroatoms. The van der Waals surface area contributed by atoms with E-state index in [2.05, 4.69) is 17.3 Å². The molecule has 1 amide bonds. The number of aryl methyl sites for hydroxylation is 2. The van der Waals surface area contributed by atoms with E-state index in [0.717, 1.165) is 12.1 Å². The van der Waals surface area contributed by atoms with E-state index in [1.54, 1.807) is 25.1 Å². The Kier molecular flexibility index (Phi) is 4.78. The first-order valence-corrected chi connectivity index (χ1v) is 7.46. The number of nitro benzene ring substituents is 1. The molecule has 0 aliphatic carbocycles. The first-order chi connectivity index (χ1) is 10.8. The smallest absolute Gasteiger partial charge is 0.282 e. The van der Waals surface area contributed by atoms with E-state index in [1.165, 1.54) is 6.07 Å². The number of carbonyl (C=O) groups excluding carboxylic acids is 1. The Morgan fingerprint density at radius 2 is 2.13 bits per heavy atom. The summed E-state index contributed by atoms with van der Waals surface area (Å²) in [4.78, 5) is 23.0. The van der Waals surface area contributed by atoms with Crippen LogP contribution in [0.3, 0.4) is 0 Å². The number of benzene rings is 1. The minimum Gasteiger partial charge on any atom is -0.305 e. The van der Waals surface area contributed by atoms with Gasteiger partial charge in [-0.2, -0.15) is 5.10 Å². The molecular weight excluding hydrogens is 296 g/mol. The van der Waals surface area contributed by atoms with E-state index >= 15 is 0 Å². The molecule has 0 saturated carbocycles. The molecule has 2 aromatic rings. The Morgan fingerprint density at radius 1 is 1.43 bits per heavy atom. The highest BCUT2D eigenvalue weighted by atomic mass is 16.6. The fraction of sp³-hybridized carbons (Fsp3) is 0.375. The number of anilines is 1. The number of amides is 1. The second-order valence-electron chi connectivity index (χ2n) is 5.55. The lowest BCUT2D eigenvalue weighted by molar-refractivity contribution is -0.385. The molecular formula is C16H20N4O3. The quantitative estimate of drug-likeness (QED) is 0.673. The van der Waals surface area contributed by atoms with Gasteiger partial charge in [-0.3, -0.25) is 19.6 Å². The van der Waals surface area contributed by atoms with Crippen LogP contribution >= 0.6 is 0 Å². The lowest BCUT2D eigenvalue weighted by atomic mass is 10.1. The van der Waals surface area contributed by atoms with Gasteiger partial charge in [0, 0.05) is 23.9 Å². The fourth-order valence-electron chi connectivity index (χ4n) is 2.45. The molecule has 1 N–H and O–H groups in total. The highest BCUT2D eigenvalue weighted by Crippen LogP contribution is 2.23. The van der Waals surface area contributed by atoms with Crippen molar-refractivity contribution in [3.63, 3.8) is 0 Å². The predicted molar refractivity (Wildman–Crippen MR) is 87.8 cm³/mol. The summed E-state index contributed by atoms with van der Waals surface area (Å²) >= 11 is 0. The van der Waals surface area contributed by atoms with Gasteiger partial charge in [-0.1, -0.05) is 19.1 Å². The fourth-order valence-corrected chi connectivity index (χ4v) is 2.45. The van der Waals surface area contributed by atoms with Crippen LogP contribution in [0.4, 0.5) is 11.5 Å². The Morgan fingerprint density at radius 3 is 2.74 bits per heavy atom. The van der Waals surface area contributed by atoms with Crippen LogP contribution in [0.25, 0.3) is 0 Å². The van der Waals surface area contributed by atoms with Gasteiger partial charge in [-0.15, -0.1) is 0 Å². The van der Waals surface area contributed by atoms with Crippen molar-refractivity contribution in [1.29, 1.82) is 0 Å². The van der Waals surface area contributed by atoms with Crippen LogP contribution in [-0.2, 0) is 0 Å². The minimum absolute atomic E-state index is 0.0632. The van der Waals surface area contributed by atoms with Gasteiger partial charge in [0.05, 0.1) is 4.92 Å². The molecule has 1 aromatic heterocycles. The summed E-state index contributed by atoms with van der Waals surface area (Å²) in [5, 5.41) is 18.1. The first-order valence-electron chi connectivity index (χ1n) is 7.46. The van der Waals surface area contributed by atoms with E-state index in [9.17, 15) is 14.9 Å². The van der Waals surface area contributed by atoms with Crippen molar-refractivity contribution in [2.24, 2.45) is 0 Å². The number of rotatable bonds is 5. The van der Waals surface area contributed by atoms with Crippen molar-refractivity contribution in [2.45, 2.75) is 40.2 Å². The molecule has 122 valence electrons. The molecule has 2 rings (SSSR count). The molecule has 1 heterocycles. The summed E-state index contributed by atoms with van der Waals surface area (Å²) < 4.78 is 1.84. The molecule has 23 heavy (non-hydrogen) atoms. The van der Waals surface area contributed by atoms with Crippen LogP contribution in [0.2, 0.25) is 0 Å². The largest absolute Gasteiger partial charge is 0.305 e. The normalized spacial score (nSPS) is 12.0. The molecule has 0 spiro atoms. The first kappa shape index (κ1) is 16.7. The predicted octanol–water partition coefficient (Wildman–Crippen LogP) is 3.63. The standard InChI is InChI=1S/C16H20N4O3/c1-5-11(3)19-12(4)9-14(18-19)17-16(21)15-10(2)7-6-8-13(15)20(22)23/h6-9,11H,5H2,1-4H3,(H,17,18,21). The zero-order valence-corrected chi connectivity index (χ0v) is 13.7. The van der Waals surface area contributed by atoms with Gasteiger partial charge in [0.15, 0.2) is 5.82 Å². The number of hydrogen-bond donors (Lipinski definition) is 1. The van der Waals surface area contributed by atoms with Crippen LogP contribution in [0.5, 0.6) is 0 Å². The molecule has 1 unspecified atom stereocenters. The molecule has 0 aliphatic heterocycles. The summed E-state index contributed by atoms with van der Waals surface area (Å²) in [7, 11) is 0.